The molecule has 1 radical (unpaired) electrons. The lowest BCUT2D eigenvalue weighted by atomic mass is 10.1. The Labute approximate surface area is 100 Å². The predicted octanol–water partition coefficient (Wildman–Crippen LogP) is 4.06. The molecule has 0 spiro atoms. The van der Waals surface area contributed by atoms with E-state index in [1.807, 2.05) is 6.42 Å². The van der Waals surface area contributed by atoms with Crippen molar-refractivity contribution in [3.05, 3.63) is 18.6 Å². The maximum atomic E-state index is 11.0. The fraction of sp³-hybridized carbons (Fsp3) is 0.714. The second-order valence-electron chi connectivity index (χ2n) is 4.22. The average molecular weight is 225 g/mol. The molecule has 0 fully saturated rings. The van der Waals surface area contributed by atoms with Crippen LogP contribution in [0, 0.1) is 6.42 Å². The third kappa shape index (κ3) is 9.75. The number of carbonyl (C=O) groups excluding carboxylic acids is 1. The summed E-state index contributed by atoms with van der Waals surface area (Å²) >= 11 is 0. The van der Waals surface area contributed by atoms with Crippen LogP contribution in [0.2, 0.25) is 0 Å². The fourth-order valence-corrected chi connectivity index (χ4v) is 1.41. The Hall–Kier alpha value is -0.790. The minimum atomic E-state index is -0.292. The first-order valence-electron chi connectivity index (χ1n) is 6.32. The summed E-state index contributed by atoms with van der Waals surface area (Å²) in [4.78, 5) is 11.0. The van der Waals surface area contributed by atoms with Gasteiger partial charge in [-0.05, 0) is 19.8 Å². The van der Waals surface area contributed by atoms with Gasteiger partial charge < -0.3 is 4.74 Å². The smallest absolute Gasteiger partial charge is 0.333 e. The first kappa shape index (κ1) is 15.2. The highest BCUT2D eigenvalue weighted by molar-refractivity contribution is 5.86. The lowest BCUT2D eigenvalue weighted by molar-refractivity contribution is -0.138. The summed E-state index contributed by atoms with van der Waals surface area (Å²) in [7, 11) is 0. The van der Waals surface area contributed by atoms with E-state index in [1.54, 1.807) is 6.92 Å². The molecule has 0 aromatic heterocycles. The van der Waals surface area contributed by atoms with Crippen molar-refractivity contribution in [1.82, 2.24) is 0 Å². The molecule has 0 aliphatic heterocycles. The molecule has 0 heterocycles. The topological polar surface area (TPSA) is 26.3 Å². The lowest BCUT2D eigenvalue weighted by Gasteiger charge is -2.03. The van der Waals surface area contributed by atoms with E-state index in [-0.39, 0.29) is 5.97 Å². The number of hydrogen-bond donors (Lipinski definition) is 0. The zero-order valence-electron chi connectivity index (χ0n) is 10.8. The zero-order valence-corrected chi connectivity index (χ0v) is 10.8. The van der Waals surface area contributed by atoms with Crippen molar-refractivity contribution in [2.24, 2.45) is 0 Å². The van der Waals surface area contributed by atoms with Crippen LogP contribution in [-0.2, 0) is 9.53 Å². The Balaban J connectivity index is 3.10. The second-order valence-corrected chi connectivity index (χ2v) is 4.22. The zero-order chi connectivity index (χ0) is 12.2. The van der Waals surface area contributed by atoms with Crippen LogP contribution < -0.4 is 0 Å². The van der Waals surface area contributed by atoms with Crippen molar-refractivity contribution in [2.45, 2.75) is 58.8 Å². The van der Waals surface area contributed by atoms with Crippen LogP contribution in [0.4, 0.5) is 0 Å². The molecule has 2 heteroatoms. The van der Waals surface area contributed by atoms with Crippen LogP contribution >= 0.6 is 0 Å². The summed E-state index contributed by atoms with van der Waals surface area (Å²) in [5.74, 6) is -0.292. The van der Waals surface area contributed by atoms with Gasteiger partial charge in [0, 0.05) is 5.57 Å². The van der Waals surface area contributed by atoms with E-state index in [9.17, 15) is 4.79 Å². The van der Waals surface area contributed by atoms with Gasteiger partial charge >= 0.3 is 5.97 Å². The second kappa shape index (κ2) is 10.7. The molecule has 93 valence electrons. The van der Waals surface area contributed by atoms with Crippen molar-refractivity contribution in [1.29, 1.82) is 0 Å². The van der Waals surface area contributed by atoms with E-state index >= 15 is 0 Å². The van der Waals surface area contributed by atoms with E-state index < -0.39 is 0 Å². The molecule has 0 bridgehead atoms. The van der Waals surface area contributed by atoms with Gasteiger partial charge in [-0.2, -0.15) is 0 Å². The number of hydrogen-bond acceptors (Lipinski definition) is 2. The van der Waals surface area contributed by atoms with Crippen LogP contribution in [0.3, 0.4) is 0 Å². The highest BCUT2D eigenvalue weighted by Crippen LogP contribution is 2.08. The normalized spacial score (nSPS) is 10.1. The molecule has 0 N–H and O–H groups in total. The highest BCUT2D eigenvalue weighted by Gasteiger charge is 2.01. The van der Waals surface area contributed by atoms with Gasteiger partial charge in [-0.15, -0.1) is 0 Å². The molecule has 2 nitrogen and oxygen atoms in total. The standard InChI is InChI=1S/C14H25O2/c1-4-5-6-7-8-9-10-11-12-16-14(15)13(2)3/h11H,2,4-10,12H2,1,3H3. The summed E-state index contributed by atoms with van der Waals surface area (Å²) in [5.41, 5.74) is 0.466. The van der Waals surface area contributed by atoms with Gasteiger partial charge in [-0.3, -0.25) is 0 Å². The molecular formula is C14H25O2. The van der Waals surface area contributed by atoms with Gasteiger partial charge in [0.05, 0.1) is 6.61 Å². The Bertz CT molecular complexity index is 197. The van der Waals surface area contributed by atoms with Crippen molar-refractivity contribution in [3.63, 3.8) is 0 Å². The van der Waals surface area contributed by atoms with Gasteiger partial charge in [0.1, 0.15) is 0 Å². The molecule has 0 unspecified atom stereocenters. The molecule has 0 saturated heterocycles. The molecule has 0 saturated carbocycles. The number of unbranched alkanes of at least 4 members (excludes halogenated alkanes) is 7. The average Bonchev–Trinajstić information content (AvgIpc) is 2.26. The largest absolute Gasteiger partial charge is 0.462 e. The number of esters is 1. The van der Waals surface area contributed by atoms with Crippen molar-refractivity contribution in [2.75, 3.05) is 6.61 Å². The fourth-order valence-electron chi connectivity index (χ4n) is 1.41. The summed E-state index contributed by atoms with van der Waals surface area (Å²) in [6.07, 6.45) is 10.9. The molecule has 0 aromatic rings. The lowest BCUT2D eigenvalue weighted by Crippen LogP contribution is -2.06. The third-order valence-corrected chi connectivity index (χ3v) is 2.44. The first-order chi connectivity index (χ1) is 7.68. The number of carbonyl (C=O) groups is 1. The highest BCUT2D eigenvalue weighted by atomic mass is 16.5. The third-order valence-electron chi connectivity index (χ3n) is 2.44. The van der Waals surface area contributed by atoms with Crippen molar-refractivity contribution < 1.29 is 9.53 Å². The number of ether oxygens (including phenoxy) is 1. The predicted molar refractivity (Wildman–Crippen MR) is 68.1 cm³/mol. The van der Waals surface area contributed by atoms with Crippen molar-refractivity contribution >= 4 is 5.97 Å². The van der Waals surface area contributed by atoms with Crippen LogP contribution in [-0.4, -0.2) is 12.6 Å². The maximum Gasteiger partial charge on any atom is 0.333 e. The summed E-state index contributed by atoms with van der Waals surface area (Å²) in [6.45, 7) is 7.83. The maximum absolute atomic E-state index is 11.0. The van der Waals surface area contributed by atoms with E-state index in [2.05, 4.69) is 13.5 Å². The van der Waals surface area contributed by atoms with Gasteiger partial charge in [0.25, 0.3) is 0 Å². The van der Waals surface area contributed by atoms with E-state index in [4.69, 9.17) is 4.74 Å². The van der Waals surface area contributed by atoms with Gasteiger partial charge in [0.2, 0.25) is 0 Å². The SMILES string of the molecule is C=C(C)C(=O)OC[CH]CCCCCCCC. The summed E-state index contributed by atoms with van der Waals surface area (Å²) < 4.78 is 4.95. The van der Waals surface area contributed by atoms with Crippen LogP contribution in [0.5, 0.6) is 0 Å². The molecule has 0 atom stereocenters. The summed E-state index contributed by atoms with van der Waals surface area (Å²) in [5, 5.41) is 0. The quantitative estimate of drug-likeness (QED) is 0.318. The first-order valence-corrected chi connectivity index (χ1v) is 6.32. The molecule has 16 heavy (non-hydrogen) atoms. The minimum Gasteiger partial charge on any atom is -0.462 e. The van der Waals surface area contributed by atoms with E-state index in [1.165, 1.54) is 38.5 Å². The van der Waals surface area contributed by atoms with Gasteiger partial charge in [-0.25, -0.2) is 4.79 Å². The summed E-state index contributed by atoms with van der Waals surface area (Å²) in [6, 6.07) is 0. The van der Waals surface area contributed by atoms with Crippen LogP contribution in [0.15, 0.2) is 12.2 Å². The Morgan fingerprint density at radius 2 is 1.81 bits per heavy atom. The molecule has 0 aliphatic carbocycles. The molecule has 0 rings (SSSR count). The van der Waals surface area contributed by atoms with Gasteiger partial charge in [-0.1, -0.05) is 52.0 Å². The molecular weight excluding hydrogens is 200 g/mol. The van der Waals surface area contributed by atoms with E-state index in [0.717, 1.165) is 6.42 Å². The van der Waals surface area contributed by atoms with E-state index in [0.29, 0.717) is 12.2 Å². The molecule has 0 aromatic carbocycles. The Morgan fingerprint density at radius 3 is 2.44 bits per heavy atom. The monoisotopic (exact) mass is 225 g/mol. The Kier molecular flexibility index (Phi) is 10.2. The van der Waals surface area contributed by atoms with Crippen LogP contribution in [0.25, 0.3) is 0 Å². The molecule has 0 amide bonds. The van der Waals surface area contributed by atoms with Gasteiger partial charge in [0.15, 0.2) is 0 Å². The Morgan fingerprint density at radius 1 is 1.19 bits per heavy atom. The number of rotatable bonds is 10. The van der Waals surface area contributed by atoms with Crippen molar-refractivity contribution in [3.8, 4) is 0 Å². The molecule has 0 aliphatic rings. The van der Waals surface area contributed by atoms with Crippen LogP contribution in [0.1, 0.15) is 58.8 Å². The minimum absolute atomic E-state index is 0.292.